The molecule has 24 heavy (non-hydrogen) atoms. The van der Waals surface area contributed by atoms with E-state index in [2.05, 4.69) is 72.7 Å². The highest BCUT2D eigenvalue weighted by Crippen LogP contribution is 2.36. The van der Waals surface area contributed by atoms with Crippen molar-refractivity contribution in [3.63, 3.8) is 0 Å². The molecule has 0 saturated heterocycles. The van der Waals surface area contributed by atoms with E-state index in [0.29, 0.717) is 5.04 Å². The minimum Gasteiger partial charge on any atom is -0.432 e. The molecular weight excluding hydrogens is 344 g/mol. The van der Waals surface area contributed by atoms with Crippen LogP contribution in [0.5, 0.6) is 0 Å². The van der Waals surface area contributed by atoms with Crippen molar-refractivity contribution in [2.75, 3.05) is 6.61 Å². The van der Waals surface area contributed by atoms with E-state index in [1.165, 1.54) is 19.3 Å². The highest BCUT2D eigenvalue weighted by atomic mass is 28.4. The maximum atomic E-state index is 10.3. The molecular formula is C19H44O2Si3. The summed E-state index contributed by atoms with van der Waals surface area (Å²) in [5, 5.41) is 1.88. The average Bonchev–Trinajstić information content (AvgIpc) is 2.32. The van der Waals surface area contributed by atoms with Gasteiger partial charge < -0.3 is 9.22 Å². The van der Waals surface area contributed by atoms with Crippen LogP contribution in [0.4, 0.5) is 0 Å². The Balaban J connectivity index is 4.23. The molecule has 0 radical (unpaired) electrons. The first-order valence-electron chi connectivity index (χ1n) is 9.62. The fourth-order valence-corrected chi connectivity index (χ4v) is 8.69. The zero-order valence-corrected chi connectivity index (χ0v) is 21.2. The van der Waals surface area contributed by atoms with Crippen molar-refractivity contribution < 1.29 is 9.22 Å². The van der Waals surface area contributed by atoms with E-state index in [4.69, 9.17) is 4.43 Å². The fourth-order valence-electron chi connectivity index (χ4n) is 2.35. The molecule has 0 bridgehead atoms. The van der Waals surface area contributed by atoms with Crippen molar-refractivity contribution in [2.45, 2.75) is 103 Å². The summed E-state index contributed by atoms with van der Waals surface area (Å²) in [5.74, 6) is 0. The molecule has 0 unspecified atom stereocenters. The minimum atomic E-state index is -2.00. The van der Waals surface area contributed by atoms with Gasteiger partial charge in [-0.25, -0.2) is 0 Å². The monoisotopic (exact) mass is 388 g/mol. The Morgan fingerprint density at radius 1 is 0.917 bits per heavy atom. The normalized spacial score (nSPS) is 15.0. The summed E-state index contributed by atoms with van der Waals surface area (Å²) >= 11 is 0. The van der Waals surface area contributed by atoms with Gasteiger partial charge in [0, 0.05) is 6.61 Å². The van der Waals surface area contributed by atoms with E-state index in [-0.39, 0.29) is 0 Å². The Morgan fingerprint density at radius 3 is 1.88 bits per heavy atom. The third-order valence-electron chi connectivity index (χ3n) is 5.09. The molecule has 0 atom stereocenters. The zero-order valence-electron chi connectivity index (χ0n) is 18.2. The van der Waals surface area contributed by atoms with Gasteiger partial charge in [-0.2, -0.15) is 0 Å². The van der Waals surface area contributed by atoms with Gasteiger partial charge in [0.25, 0.3) is 0 Å². The second-order valence-corrected chi connectivity index (χ2v) is 24.4. The van der Waals surface area contributed by atoms with Crippen molar-refractivity contribution in [1.82, 2.24) is 0 Å². The lowest BCUT2D eigenvalue weighted by Gasteiger charge is -2.36. The smallest absolute Gasteiger partial charge is 0.191 e. The van der Waals surface area contributed by atoms with Crippen LogP contribution in [0.25, 0.3) is 0 Å². The number of rotatable bonds is 10. The standard InChI is InChI=1S/C19H44O2Si3/c1-19(2,3)24(9,10)21-16-14-12-11-13-15-18(22(4,5)6)17-23(7,8)20/h15,20H,11-14,16-17H2,1-10H3/b18-15+. The van der Waals surface area contributed by atoms with Crippen LogP contribution < -0.4 is 0 Å². The van der Waals surface area contributed by atoms with E-state index in [1.807, 2.05) is 0 Å². The van der Waals surface area contributed by atoms with Crippen molar-refractivity contribution in [3.05, 3.63) is 11.3 Å². The molecule has 0 aliphatic rings. The Kier molecular flexibility index (Phi) is 9.43. The molecule has 0 aromatic carbocycles. The Labute approximate surface area is 155 Å². The summed E-state index contributed by atoms with van der Waals surface area (Å²) in [4.78, 5) is 10.3. The largest absolute Gasteiger partial charge is 0.432 e. The highest BCUT2D eigenvalue weighted by molar-refractivity contribution is 6.85. The number of unbranched alkanes of at least 4 members (excludes halogenated alkanes) is 3. The first-order valence-corrected chi connectivity index (χ1v) is 19.2. The quantitative estimate of drug-likeness (QED) is 0.339. The lowest BCUT2D eigenvalue weighted by Crippen LogP contribution is -2.40. The Hall–Kier alpha value is 0.311. The minimum absolute atomic E-state index is 0.308. The van der Waals surface area contributed by atoms with E-state index in [9.17, 15) is 4.80 Å². The number of hydrogen-bond acceptors (Lipinski definition) is 2. The summed E-state index contributed by atoms with van der Waals surface area (Å²) in [7, 11) is -4.87. The molecule has 2 nitrogen and oxygen atoms in total. The number of allylic oxidation sites excluding steroid dienone is 2. The average molecular weight is 389 g/mol. The van der Waals surface area contributed by atoms with Gasteiger partial charge in [-0.3, -0.25) is 0 Å². The SMILES string of the molecule is CC(C)(C)[Si](C)(C)OCCCCC/C=C(\C[Si](C)(C)O)[Si](C)(C)C. The molecule has 0 aliphatic carbocycles. The molecule has 0 amide bonds. The molecule has 0 aromatic heterocycles. The number of hydrogen-bond donors (Lipinski definition) is 1. The van der Waals surface area contributed by atoms with Gasteiger partial charge >= 0.3 is 0 Å². The van der Waals surface area contributed by atoms with Crippen molar-refractivity contribution in [2.24, 2.45) is 0 Å². The topological polar surface area (TPSA) is 29.5 Å². The van der Waals surface area contributed by atoms with Gasteiger partial charge in [0.05, 0.1) is 8.07 Å². The van der Waals surface area contributed by atoms with Gasteiger partial charge in [0.2, 0.25) is 0 Å². The third kappa shape index (κ3) is 10.3. The van der Waals surface area contributed by atoms with E-state index < -0.39 is 24.7 Å². The summed E-state index contributed by atoms with van der Waals surface area (Å²) in [6.07, 6.45) is 7.26. The summed E-state index contributed by atoms with van der Waals surface area (Å²) in [6.45, 7) is 23.8. The first kappa shape index (κ1) is 24.3. The van der Waals surface area contributed by atoms with Gasteiger partial charge in [-0.15, -0.1) is 0 Å². The molecule has 0 fully saturated rings. The van der Waals surface area contributed by atoms with Crippen LogP contribution >= 0.6 is 0 Å². The lowest BCUT2D eigenvalue weighted by atomic mass is 10.2. The maximum Gasteiger partial charge on any atom is 0.191 e. The fraction of sp³-hybridized carbons (Fsp3) is 0.895. The van der Waals surface area contributed by atoms with Crippen LogP contribution in [-0.4, -0.2) is 36.1 Å². The predicted molar refractivity (Wildman–Crippen MR) is 118 cm³/mol. The van der Waals surface area contributed by atoms with Gasteiger partial charge in [-0.05, 0) is 56.5 Å². The molecule has 0 spiro atoms. The summed E-state index contributed by atoms with van der Waals surface area (Å²) in [6, 6.07) is 0.956. The molecule has 5 heteroatoms. The molecule has 1 N–H and O–H groups in total. The molecule has 0 heterocycles. The second kappa shape index (κ2) is 9.31. The lowest BCUT2D eigenvalue weighted by molar-refractivity contribution is 0.278. The van der Waals surface area contributed by atoms with Gasteiger partial charge in [-0.1, -0.05) is 58.1 Å². The van der Waals surface area contributed by atoms with Gasteiger partial charge in [0.15, 0.2) is 16.6 Å². The molecule has 144 valence electrons. The molecule has 0 aromatic rings. The van der Waals surface area contributed by atoms with Gasteiger partial charge in [0.1, 0.15) is 0 Å². The molecule has 0 saturated carbocycles. The van der Waals surface area contributed by atoms with Crippen LogP contribution in [0, 0.1) is 0 Å². The van der Waals surface area contributed by atoms with E-state index in [1.54, 1.807) is 5.20 Å². The predicted octanol–water partition coefficient (Wildman–Crippen LogP) is 6.57. The van der Waals surface area contributed by atoms with Crippen LogP contribution in [0.3, 0.4) is 0 Å². The van der Waals surface area contributed by atoms with Crippen molar-refractivity contribution in [3.8, 4) is 0 Å². The summed E-state index contributed by atoms with van der Waals surface area (Å²) < 4.78 is 6.24. The third-order valence-corrected chi connectivity index (χ3v) is 13.5. The van der Waals surface area contributed by atoms with E-state index >= 15 is 0 Å². The first-order chi connectivity index (χ1) is 10.6. The van der Waals surface area contributed by atoms with Crippen LogP contribution in [0.1, 0.15) is 46.5 Å². The van der Waals surface area contributed by atoms with Crippen LogP contribution in [0.2, 0.25) is 56.9 Å². The summed E-state index contributed by atoms with van der Waals surface area (Å²) in [5.41, 5.74) is 0. The van der Waals surface area contributed by atoms with Crippen LogP contribution in [-0.2, 0) is 4.43 Å². The van der Waals surface area contributed by atoms with Crippen molar-refractivity contribution >= 4 is 24.7 Å². The molecule has 0 rings (SSSR count). The highest BCUT2D eigenvalue weighted by Gasteiger charge is 2.36. The molecule has 0 aliphatic heterocycles. The Bertz CT molecular complexity index is 396. The van der Waals surface area contributed by atoms with Crippen molar-refractivity contribution in [1.29, 1.82) is 0 Å². The van der Waals surface area contributed by atoms with Crippen LogP contribution in [0.15, 0.2) is 11.3 Å². The maximum absolute atomic E-state index is 10.3. The second-order valence-electron chi connectivity index (χ2n) is 10.4. The zero-order chi connectivity index (χ0) is 19.2. The Morgan fingerprint density at radius 2 is 1.46 bits per heavy atom. The van der Waals surface area contributed by atoms with E-state index in [0.717, 1.165) is 19.1 Å².